The molecule has 1 saturated heterocycles. The van der Waals surface area contributed by atoms with Gasteiger partial charge in [0.25, 0.3) is 0 Å². The second-order valence-corrected chi connectivity index (χ2v) is 6.86. The number of hydrogen-bond acceptors (Lipinski definition) is 2. The number of rotatable bonds is 5. The van der Waals surface area contributed by atoms with Gasteiger partial charge in [0.15, 0.2) is 0 Å². The van der Waals surface area contributed by atoms with Crippen LogP contribution in [0, 0.1) is 17.8 Å². The summed E-state index contributed by atoms with van der Waals surface area (Å²) in [5.41, 5.74) is 0. The van der Waals surface area contributed by atoms with Crippen LogP contribution in [0.1, 0.15) is 51.9 Å². The highest BCUT2D eigenvalue weighted by molar-refractivity contribution is 5.79. The highest BCUT2D eigenvalue weighted by atomic mass is 16.2. The van der Waals surface area contributed by atoms with Crippen LogP contribution in [0.15, 0.2) is 0 Å². The van der Waals surface area contributed by atoms with E-state index in [9.17, 15) is 4.79 Å². The van der Waals surface area contributed by atoms with Crippen LogP contribution in [0.25, 0.3) is 0 Å². The maximum absolute atomic E-state index is 12.8. The van der Waals surface area contributed by atoms with E-state index in [0.717, 1.165) is 32.0 Å². The number of nitrogens with one attached hydrogen (secondary N) is 1. The summed E-state index contributed by atoms with van der Waals surface area (Å²) >= 11 is 0. The molecular formula is C16H28N2O. The minimum absolute atomic E-state index is 0.367. The number of hydrogen-bond donors (Lipinski definition) is 1. The number of nitrogens with zero attached hydrogens (tertiary/aromatic N) is 1. The normalized spacial score (nSPS) is 36.9. The average Bonchev–Trinajstić information content (AvgIpc) is 3.14. The molecule has 0 aromatic carbocycles. The summed E-state index contributed by atoms with van der Waals surface area (Å²) in [7, 11) is 0. The minimum Gasteiger partial charge on any atom is -0.341 e. The molecule has 0 aromatic heterocycles. The molecule has 0 spiro atoms. The van der Waals surface area contributed by atoms with Crippen molar-refractivity contribution in [2.24, 2.45) is 17.8 Å². The zero-order valence-corrected chi connectivity index (χ0v) is 12.2. The van der Waals surface area contributed by atoms with Crippen molar-refractivity contribution in [1.82, 2.24) is 10.2 Å². The molecule has 1 heterocycles. The highest BCUT2D eigenvalue weighted by Gasteiger charge is 2.44. The van der Waals surface area contributed by atoms with Crippen molar-refractivity contribution >= 4 is 5.91 Å². The van der Waals surface area contributed by atoms with Crippen LogP contribution < -0.4 is 5.32 Å². The van der Waals surface area contributed by atoms with E-state index >= 15 is 0 Å². The molecule has 2 aliphatic carbocycles. The number of fused-ring (bicyclic) bond motifs is 2. The average molecular weight is 264 g/mol. The Morgan fingerprint density at radius 2 is 2.16 bits per heavy atom. The molecule has 3 heteroatoms. The molecule has 3 nitrogen and oxygen atoms in total. The Kier molecular flexibility index (Phi) is 4.11. The van der Waals surface area contributed by atoms with E-state index in [1.165, 1.54) is 38.5 Å². The summed E-state index contributed by atoms with van der Waals surface area (Å²) < 4.78 is 0. The van der Waals surface area contributed by atoms with Crippen LogP contribution in [0.2, 0.25) is 0 Å². The van der Waals surface area contributed by atoms with Gasteiger partial charge in [-0.3, -0.25) is 4.79 Å². The molecule has 3 aliphatic rings. The van der Waals surface area contributed by atoms with Crippen LogP contribution in [0.4, 0.5) is 0 Å². The Balaban J connectivity index is 1.60. The second-order valence-electron chi connectivity index (χ2n) is 6.86. The van der Waals surface area contributed by atoms with Gasteiger partial charge in [-0.1, -0.05) is 13.3 Å². The van der Waals surface area contributed by atoms with Gasteiger partial charge >= 0.3 is 0 Å². The fourth-order valence-corrected chi connectivity index (χ4v) is 4.52. The first-order valence-electron chi connectivity index (χ1n) is 8.30. The van der Waals surface area contributed by atoms with Crippen LogP contribution in [0.5, 0.6) is 0 Å². The third-order valence-corrected chi connectivity index (χ3v) is 5.46. The quantitative estimate of drug-likeness (QED) is 0.827. The SMILES string of the molecule is CCCN(CC1CCCN1)C(=O)C1CC2CCC1C2. The Bertz CT molecular complexity index is 325. The summed E-state index contributed by atoms with van der Waals surface area (Å²) in [6.07, 6.45) is 8.80. The summed E-state index contributed by atoms with van der Waals surface area (Å²) in [6.45, 7) is 5.21. The van der Waals surface area contributed by atoms with Gasteiger partial charge in [-0.25, -0.2) is 0 Å². The smallest absolute Gasteiger partial charge is 0.226 e. The summed E-state index contributed by atoms with van der Waals surface area (Å²) in [5.74, 6) is 2.43. The third kappa shape index (κ3) is 2.81. The first-order valence-corrected chi connectivity index (χ1v) is 8.30. The summed E-state index contributed by atoms with van der Waals surface area (Å²) in [5, 5.41) is 3.53. The molecule has 2 saturated carbocycles. The zero-order chi connectivity index (χ0) is 13.2. The lowest BCUT2D eigenvalue weighted by atomic mass is 9.87. The van der Waals surface area contributed by atoms with Crippen molar-refractivity contribution in [1.29, 1.82) is 0 Å². The Labute approximate surface area is 117 Å². The topological polar surface area (TPSA) is 32.3 Å². The largest absolute Gasteiger partial charge is 0.341 e. The van der Waals surface area contributed by atoms with E-state index in [1.807, 2.05) is 0 Å². The lowest BCUT2D eigenvalue weighted by Crippen LogP contribution is -2.45. The van der Waals surface area contributed by atoms with Crippen molar-refractivity contribution < 1.29 is 4.79 Å². The number of carbonyl (C=O) groups is 1. The van der Waals surface area contributed by atoms with Gasteiger partial charge in [-0.2, -0.15) is 0 Å². The molecule has 1 aliphatic heterocycles. The monoisotopic (exact) mass is 264 g/mol. The molecule has 4 unspecified atom stereocenters. The van der Waals surface area contributed by atoms with E-state index in [-0.39, 0.29) is 0 Å². The van der Waals surface area contributed by atoms with E-state index in [1.54, 1.807) is 0 Å². The number of amides is 1. The molecule has 0 aromatic rings. The fraction of sp³-hybridized carbons (Fsp3) is 0.938. The Morgan fingerprint density at radius 3 is 2.74 bits per heavy atom. The predicted octanol–water partition coefficient (Wildman–Crippen LogP) is 2.41. The lowest BCUT2D eigenvalue weighted by Gasteiger charge is -2.31. The van der Waals surface area contributed by atoms with Gasteiger partial charge in [0.05, 0.1) is 0 Å². The molecule has 3 rings (SSSR count). The van der Waals surface area contributed by atoms with Gasteiger partial charge in [0, 0.05) is 25.0 Å². The molecule has 1 amide bonds. The molecule has 3 fully saturated rings. The van der Waals surface area contributed by atoms with E-state index in [2.05, 4.69) is 17.1 Å². The van der Waals surface area contributed by atoms with Crippen LogP contribution >= 0.6 is 0 Å². The highest BCUT2D eigenvalue weighted by Crippen LogP contribution is 2.48. The van der Waals surface area contributed by atoms with Gasteiger partial charge < -0.3 is 10.2 Å². The van der Waals surface area contributed by atoms with Crippen molar-refractivity contribution in [2.45, 2.75) is 57.9 Å². The molecule has 108 valence electrons. The summed E-state index contributed by atoms with van der Waals surface area (Å²) in [6, 6.07) is 0.550. The maximum atomic E-state index is 12.8. The lowest BCUT2D eigenvalue weighted by molar-refractivity contribution is -0.137. The molecule has 0 radical (unpaired) electrons. The molecule has 1 N–H and O–H groups in total. The third-order valence-electron chi connectivity index (χ3n) is 5.46. The van der Waals surface area contributed by atoms with Crippen LogP contribution in [-0.4, -0.2) is 36.5 Å². The van der Waals surface area contributed by atoms with E-state index in [0.29, 0.717) is 23.8 Å². The van der Waals surface area contributed by atoms with E-state index < -0.39 is 0 Å². The molecule has 19 heavy (non-hydrogen) atoms. The fourth-order valence-electron chi connectivity index (χ4n) is 4.52. The van der Waals surface area contributed by atoms with Crippen molar-refractivity contribution in [3.63, 3.8) is 0 Å². The molecule has 2 bridgehead atoms. The van der Waals surface area contributed by atoms with Gasteiger partial charge in [-0.15, -0.1) is 0 Å². The standard InChI is InChI=1S/C16H28N2O/c1-2-8-18(11-14-4-3-7-17-14)16(19)15-10-12-5-6-13(15)9-12/h12-15,17H,2-11H2,1H3. The van der Waals surface area contributed by atoms with Crippen molar-refractivity contribution in [3.05, 3.63) is 0 Å². The van der Waals surface area contributed by atoms with E-state index in [4.69, 9.17) is 0 Å². The van der Waals surface area contributed by atoms with Gasteiger partial charge in [0.1, 0.15) is 0 Å². The maximum Gasteiger partial charge on any atom is 0.226 e. The van der Waals surface area contributed by atoms with Crippen molar-refractivity contribution in [2.75, 3.05) is 19.6 Å². The Morgan fingerprint density at radius 1 is 1.26 bits per heavy atom. The van der Waals surface area contributed by atoms with Gasteiger partial charge in [-0.05, 0) is 56.9 Å². The summed E-state index contributed by atoms with van der Waals surface area (Å²) in [4.78, 5) is 15.0. The van der Waals surface area contributed by atoms with Crippen molar-refractivity contribution in [3.8, 4) is 0 Å². The van der Waals surface area contributed by atoms with Gasteiger partial charge in [0.2, 0.25) is 5.91 Å². The minimum atomic E-state index is 0.367. The van der Waals surface area contributed by atoms with Crippen LogP contribution in [0.3, 0.4) is 0 Å². The molecule has 4 atom stereocenters. The predicted molar refractivity (Wildman–Crippen MR) is 76.8 cm³/mol. The molecular weight excluding hydrogens is 236 g/mol. The second kappa shape index (κ2) is 5.82. The zero-order valence-electron chi connectivity index (χ0n) is 12.2. The Hall–Kier alpha value is -0.570. The first-order chi connectivity index (χ1) is 9.28. The number of carbonyl (C=O) groups excluding carboxylic acids is 1. The van der Waals surface area contributed by atoms with Crippen LogP contribution in [-0.2, 0) is 4.79 Å². The first kappa shape index (κ1) is 13.4.